The zero-order valence-corrected chi connectivity index (χ0v) is 11.7. The highest BCUT2D eigenvalue weighted by Crippen LogP contribution is 2.32. The number of piperidine rings is 2. The van der Waals surface area contributed by atoms with E-state index in [0.717, 1.165) is 19.4 Å². The number of hydrogen-bond acceptors (Lipinski definition) is 3. The molecule has 4 heteroatoms. The van der Waals surface area contributed by atoms with E-state index < -0.39 is 0 Å². The SMILES string of the molecule is CC1CCC(CN2C(=O)CC(C)(C)CC2=O)CN1. The van der Waals surface area contributed by atoms with Gasteiger partial charge >= 0.3 is 0 Å². The van der Waals surface area contributed by atoms with Gasteiger partial charge in [0.2, 0.25) is 11.8 Å². The normalized spacial score (nSPS) is 32.7. The first-order valence-corrected chi connectivity index (χ1v) is 6.94. The minimum Gasteiger partial charge on any atom is -0.314 e. The van der Waals surface area contributed by atoms with Gasteiger partial charge in [-0.25, -0.2) is 0 Å². The van der Waals surface area contributed by atoms with Gasteiger partial charge in [-0.3, -0.25) is 14.5 Å². The maximum Gasteiger partial charge on any atom is 0.229 e. The molecular weight excluding hydrogens is 228 g/mol. The van der Waals surface area contributed by atoms with Crippen LogP contribution in [0.15, 0.2) is 0 Å². The monoisotopic (exact) mass is 252 g/mol. The third kappa shape index (κ3) is 3.10. The van der Waals surface area contributed by atoms with Gasteiger partial charge in [0.05, 0.1) is 0 Å². The van der Waals surface area contributed by atoms with Crippen LogP contribution in [0.4, 0.5) is 0 Å². The van der Waals surface area contributed by atoms with Crippen LogP contribution in [0, 0.1) is 11.3 Å². The van der Waals surface area contributed by atoms with Gasteiger partial charge < -0.3 is 5.32 Å². The van der Waals surface area contributed by atoms with Crippen LogP contribution >= 0.6 is 0 Å². The summed E-state index contributed by atoms with van der Waals surface area (Å²) in [5, 5.41) is 3.42. The molecule has 2 atom stereocenters. The molecule has 0 aromatic carbocycles. The molecule has 0 spiro atoms. The Bertz CT molecular complexity index is 324. The topological polar surface area (TPSA) is 49.4 Å². The first-order chi connectivity index (χ1) is 8.37. The average Bonchev–Trinajstić information content (AvgIpc) is 2.24. The molecule has 2 fully saturated rings. The molecule has 0 saturated carbocycles. The maximum atomic E-state index is 12.0. The van der Waals surface area contributed by atoms with Crippen LogP contribution in [0.2, 0.25) is 0 Å². The summed E-state index contributed by atoms with van der Waals surface area (Å²) < 4.78 is 0. The molecule has 4 nitrogen and oxygen atoms in total. The van der Waals surface area contributed by atoms with E-state index in [-0.39, 0.29) is 17.2 Å². The molecule has 1 N–H and O–H groups in total. The summed E-state index contributed by atoms with van der Waals surface area (Å²) in [7, 11) is 0. The summed E-state index contributed by atoms with van der Waals surface area (Å²) in [6.45, 7) is 7.68. The van der Waals surface area contributed by atoms with E-state index in [4.69, 9.17) is 0 Å². The van der Waals surface area contributed by atoms with Crippen molar-refractivity contribution >= 4 is 11.8 Å². The van der Waals surface area contributed by atoms with Gasteiger partial charge in [-0.2, -0.15) is 0 Å². The molecule has 18 heavy (non-hydrogen) atoms. The predicted molar refractivity (Wildman–Crippen MR) is 69.9 cm³/mol. The number of likely N-dealkylation sites (tertiary alicyclic amines) is 1. The third-order valence-electron chi connectivity index (χ3n) is 4.07. The van der Waals surface area contributed by atoms with E-state index in [1.54, 1.807) is 0 Å². The Morgan fingerprint density at radius 2 is 1.83 bits per heavy atom. The van der Waals surface area contributed by atoms with Gasteiger partial charge in [0.1, 0.15) is 0 Å². The summed E-state index contributed by atoms with van der Waals surface area (Å²) in [4.78, 5) is 25.6. The molecule has 102 valence electrons. The maximum absolute atomic E-state index is 12.0. The van der Waals surface area contributed by atoms with E-state index >= 15 is 0 Å². The lowest BCUT2D eigenvalue weighted by molar-refractivity contribution is -0.153. The molecule has 2 amide bonds. The number of imide groups is 1. The van der Waals surface area contributed by atoms with Crippen molar-refractivity contribution in [2.24, 2.45) is 11.3 Å². The number of rotatable bonds is 2. The number of nitrogens with zero attached hydrogens (tertiary/aromatic N) is 1. The van der Waals surface area contributed by atoms with Gasteiger partial charge in [-0.1, -0.05) is 13.8 Å². The van der Waals surface area contributed by atoms with Crippen molar-refractivity contribution in [1.82, 2.24) is 10.2 Å². The number of amides is 2. The van der Waals surface area contributed by atoms with E-state index in [2.05, 4.69) is 12.2 Å². The quantitative estimate of drug-likeness (QED) is 0.759. The lowest BCUT2D eigenvalue weighted by Crippen LogP contribution is -2.50. The highest BCUT2D eigenvalue weighted by molar-refractivity contribution is 5.98. The highest BCUT2D eigenvalue weighted by Gasteiger charge is 2.38. The second-order valence-electron chi connectivity index (χ2n) is 6.67. The van der Waals surface area contributed by atoms with E-state index in [1.807, 2.05) is 13.8 Å². The van der Waals surface area contributed by atoms with Crippen molar-refractivity contribution in [2.75, 3.05) is 13.1 Å². The van der Waals surface area contributed by atoms with Crippen molar-refractivity contribution in [2.45, 2.75) is 52.5 Å². The Hall–Kier alpha value is -0.900. The van der Waals surface area contributed by atoms with Crippen molar-refractivity contribution in [1.29, 1.82) is 0 Å². The summed E-state index contributed by atoms with van der Waals surface area (Å²) in [5.41, 5.74) is -0.163. The summed E-state index contributed by atoms with van der Waals surface area (Å²) >= 11 is 0. The highest BCUT2D eigenvalue weighted by atomic mass is 16.2. The molecule has 0 radical (unpaired) electrons. The van der Waals surface area contributed by atoms with Crippen molar-refractivity contribution in [3.8, 4) is 0 Å². The summed E-state index contributed by atoms with van der Waals surface area (Å²) in [6.07, 6.45) is 3.23. The zero-order chi connectivity index (χ0) is 13.3. The fourth-order valence-corrected chi connectivity index (χ4v) is 2.89. The van der Waals surface area contributed by atoms with Gasteiger partial charge in [-0.15, -0.1) is 0 Å². The molecule has 0 aromatic rings. The van der Waals surface area contributed by atoms with Crippen molar-refractivity contribution in [3.63, 3.8) is 0 Å². The lowest BCUT2D eigenvalue weighted by Gasteiger charge is -2.37. The van der Waals surface area contributed by atoms with E-state index in [1.165, 1.54) is 4.90 Å². The number of carbonyl (C=O) groups is 2. The molecule has 0 aromatic heterocycles. The second kappa shape index (κ2) is 5.00. The number of carbonyl (C=O) groups excluding carboxylic acids is 2. The summed E-state index contributed by atoms with van der Waals surface area (Å²) in [5.74, 6) is 0.444. The fourth-order valence-electron chi connectivity index (χ4n) is 2.89. The third-order valence-corrected chi connectivity index (χ3v) is 4.07. The largest absolute Gasteiger partial charge is 0.314 e. The minimum atomic E-state index is -0.163. The number of hydrogen-bond donors (Lipinski definition) is 1. The molecular formula is C14H24N2O2. The van der Waals surface area contributed by atoms with Gasteiger partial charge in [-0.05, 0) is 37.6 Å². The first kappa shape index (κ1) is 13.5. The molecule has 2 unspecified atom stereocenters. The van der Waals surface area contributed by atoms with Gasteiger partial charge in [0.25, 0.3) is 0 Å². The lowest BCUT2D eigenvalue weighted by atomic mass is 9.81. The van der Waals surface area contributed by atoms with Crippen LogP contribution in [-0.4, -0.2) is 35.8 Å². The van der Waals surface area contributed by atoms with Crippen molar-refractivity contribution < 1.29 is 9.59 Å². The molecule has 2 heterocycles. The van der Waals surface area contributed by atoms with Crippen LogP contribution in [0.25, 0.3) is 0 Å². The fraction of sp³-hybridized carbons (Fsp3) is 0.857. The molecule has 0 bridgehead atoms. The smallest absolute Gasteiger partial charge is 0.229 e. The van der Waals surface area contributed by atoms with Crippen molar-refractivity contribution in [3.05, 3.63) is 0 Å². The van der Waals surface area contributed by atoms with Crippen LogP contribution in [0.3, 0.4) is 0 Å². The Kier molecular flexibility index (Phi) is 3.76. The Balaban J connectivity index is 1.93. The second-order valence-corrected chi connectivity index (χ2v) is 6.67. The first-order valence-electron chi connectivity index (χ1n) is 6.94. The average molecular weight is 252 g/mol. The Morgan fingerprint density at radius 1 is 1.22 bits per heavy atom. The van der Waals surface area contributed by atoms with Gasteiger partial charge in [0.15, 0.2) is 0 Å². The summed E-state index contributed by atoms with van der Waals surface area (Å²) in [6, 6.07) is 0.563. The zero-order valence-electron chi connectivity index (χ0n) is 11.7. The van der Waals surface area contributed by atoms with E-state index in [9.17, 15) is 9.59 Å². The predicted octanol–water partition coefficient (Wildman–Crippen LogP) is 1.55. The molecule has 0 aliphatic carbocycles. The molecule has 2 rings (SSSR count). The Morgan fingerprint density at radius 3 is 2.33 bits per heavy atom. The molecule has 2 saturated heterocycles. The minimum absolute atomic E-state index is 0.00914. The Labute approximate surface area is 109 Å². The number of nitrogens with one attached hydrogen (secondary N) is 1. The van der Waals surface area contributed by atoms with Crippen LogP contribution in [0.5, 0.6) is 0 Å². The van der Waals surface area contributed by atoms with Crippen LogP contribution in [0.1, 0.15) is 46.5 Å². The van der Waals surface area contributed by atoms with E-state index in [0.29, 0.717) is 31.3 Å². The molecule has 2 aliphatic rings. The van der Waals surface area contributed by atoms with Gasteiger partial charge in [0, 0.05) is 25.4 Å². The molecule has 2 aliphatic heterocycles. The van der Waals surface area contributed by atoms with Crippen LogP contribution in [-0.2, 0) is 9.59 Å². The van der Waals surface area contributed by atoms with Crippen LogP contribution < -0.4 is 5.32 Å². The standard InChI is InChI=1S/C14H24N2O2/c1-10-4-5-11(8-15-10)9-16-12(17)6-14(2,3)7-13(16)18/h10-11,15H,4-9H2,1-3H3.